The molecule has 0 amide bonds. The first kappa shape index (κ1) is 13.5. The second kappa shape index (κ2) is 5.37. The summed E-state index contributed by atoms with van der Waals surface area (Å²) in [5, 5.41) is 23.9. The maximum absolute atomic E-state index is 10.9. The van der Waals surface area contributed by atoms with Crippen LogP contribution >= 0.6 is 0 Å². The van der Waals surface area contributed by atoms with Gasteiger partial charge in [-0.15, -0.1) is 0 Å². The molecule has 0 spiro atoms. The molecular weight excluding hydrogens is 252 g/mol. The molecule has 0 saturated carbocycles. The number of nitrogen functional groups attached to an aromatic ring is 1. The number of hydrogen-bond acceptors (Lipinski definition) is 7. The number of aliphatic hydroxyl groups is 1. The van der Waals surface area contributed by atoms with Crippen LogP contribution in [0.1, 0.15) is 12.8 Å². The molecule has 1 aromatic rings. The molecule has 1 aliphatic rings. The van der Waals surface area contributed by atoms with E-state index in [0.717, 1.165) is 0 Å². The van der Waals surface area contributed by atoms with Gasteiger partial charge in [0.25, 0.3) is 0 Å². The average molecular weight is 268 g/mol. The highest BCUT2D eigenvalue weighted by atomic mass is 16.6. The van der Waals surface area contributed by atoms with Crippen molar-refractivity contribution in [3.63, 3.8) is 0 Å². The maximum Gasteiger partial charge on any atom is 0.311 e. The number of aromatic nitrogens is 1. The third-order valence-corrected chi connectivity index (χ3v) is 3.10. The van der Waals surface area contributed by atoms with Crippen molar-refractivity contribution in [3.05, 3.63) is 22.2 Å². The lowest BCUT2D eigenvalue weighted by Gasteiger charge is -2.32. The van der Waals surface area contributed by atoms with Crippen LogP contribution in [0.25, 0.3) is 0 Å². The Hall–Kier alpha value is -1.93. The molecule has 1 aromatic heterocycles. The van der Waals surface area contributed by atoms with Crippen molar-refractivity contribution in [2.75, 3.05) is 30.8 Å². The number of ether oxygens (including phenoxy) is 1. The molecule has 1 fully saturated rings. The second-order valence-corrected chi connectivity index (χ2v) is 4.55. The lowest BCUT2D eigenvalue weighted by atomic mass is 9.94. The number of pyridine rings is 1. The zero-order chi connectivity index (χ0) is 13.9. The van der Waals surface area contributed by atoms with Crippen LogP contribution < -0.4 is 11.1 Å². The lowest BCUT2D eigenvalue weighted by molar-refractivity contribution is -0.384. The number of nitrogens with zero attached hydrogens (tertiary/aromatic N) is 2. The molecule has 0 aliphatic carbocycles. The van der Waals surface area contributed by atoms with Crippen molar-refractivity contribution in [3.8, 4) is 0 Å². The lowest BCUT2D eigenvalue weighted by Crippen LogP contribution is -2.42. The molecule has 19 heavy (non-hydrogen) atoms. The molecule has 104 valence electrons. The summed E-state index contributed by atoms with van der Waals surface area (Å²) in [5.74, 6) is 0.261. The monoisotopic (exact) mass is 268 g/mol. The summed E-state index contributed by atoms with van der Waals surface area (Å²) in [6, 6.07) is 2.66. The molecule has 0 radical (unpaired) electrons. The molecule has 0 atom stereocenters. The molecule has 8 heteroatoms. The van der Waals surface area contributed by atoms with E-state index in [1.807, 2.05) is 0 Å². The Labute approximate surface area is 109 Å². The Kier molecular flexibility index (Phi) is 3.82. The number of hydrogen-bond donors (Lipinski definition) is 3. The number of nitro groups is 1. The Balaban J connectivity index is 2.10. The largest absolute Gasteiger partial charge is 0.388 e. The summed E-state index contributed by atoms with van der Waals surface area (Å²) >= 11 is 0. The van der Waals surface area contributed by atoms with Crippen molar-refractivity contribution < 1.29 is 14.8 Å². The topological polar surface area (TPSA) is 124 Å². The number of nitrogens with one attached hydrogen (secondary N) is 1. The van der Waals surface area contributed by atoms with E-state index in [-0.39, 0.29) is 23.9 Å². The molecule has 1 saturated heterocycles. The summed E-state index contributed by atoms with van der Waals surface area (Å²) in [5.41, 5.74) is 4.42. The van der Waals surface area contributed by atoms with Gasteiger partial charge in [-0.05, 0) is 6.07 Å². The van der Waals surface area contributed by atoms with E-state index in [4.69, 9.17) is 10.5 Å². The first-order chi connectivity index (χ1) is 9.00. The third kappa shape index (κ3) is 3.30. The van der Waals surface area contributed by atoms with Crippen molar-refractivity contribution in [1.29, 1.82) is 0 Å². The van der Waals surface area contributed by atoms with Crippen LogP contribution in [0.3, 0.4) is 0 Å². The van der Waals surface area contributed by atoms with E-state index in [1.165, 1.54) is 12.1 Å². The second-order valence-electron chi connectivity index (χ2n) is 4.55. The van der Waals surface area contributed by atoms with Gasteiger partial charge < -0.3 is 20.9 Å². The minimum Gasteiger partial charge on any atom is -0.388 e. The maximum atomic E-state index is 10.9. The van der Waals surface area contributed by atoms with Crippen LogP contribution in [0.5, 0.6) is 0 Å². The molecular formula is C11H16N4O4. The van der Waals surface area contributed by atoms with Gasteiger partial charge in [-0.2, -0.15) is 0 Å². The Morgan fingerprint density at radius 1 is 1.53 bits per heavy atom. The first-order valence-corrected chi connectivity index (χ1v) is 5.95. The molecule has 2 heterocycles. The number of rotatable bonds is 4. The standard InChI is InChI=1S/C11H16N4O4/c12-9-2-1-8(15(17)18)10(14-9)13-7-11(16)3-5-19-6-4-11/h1-2,16H,3-7H2,(H3,12,13,14). The fourth-order valence-corrected chi connectivity index (χ4v) is 1.92. The van der Waals surface area contributed by atoms with E-state index in [9.17, 15) is 15.2 Å². The molecule has 0 unspecified atom stereocenters. The van der Waals surface area contributed by atoms with Gasteiger partial charge in [0.2, 0.25) is 5.82 Å². The Morgan fingerprint density at radius 3 is 2.84 bits per heavy atom. The fourth-order valence-electron chi connectivity index (χ4n) is 1.92. The Morgan fingerprint density at radius 2 is 2.21 bits per heavy atom. The smallest absolute Gasteiger partial charge is 0.311 e. The summed E-state index contributed by atoms with van der Waals surface area (Å²) in [7, 11) is 0. The zero-order valence-electron chi connectivity index (χ0n) is 10.3. The number of anilines is 2. The Bertz CT molecular complexity index is 474. The number of nitrogens with two attached hydrogens (primary N) is 1. The van der Waals surface area contributed by atoms with E-state index < -0.39 is 10.5 Å². The van der Waals surface area contributed by atoms with Crippen LogP contribution in [-0.2, 0) is 4.74 Å². The van der Waals surface area contributed by atoms with Gasteiger partial charge in [0.05, 0.1) is 10.5 Å². The zero-order valence-corrected chi connectivity index (χ0v) is 10.3. The van der Waals surface area contributed by atoms with Crippen LogP contribution in [0.15, 0.2) is 12.1 Å². The molecule has 2 rings (SSSR count). The van der Waals surface area contributed by atoms with Crippen LogP contribution in [0, 0.1) is 10.1 Å². The average Bonchev–Trinajstić information content (AvgIpc) is 2.37. The minimum atomic E-state index is -0.932. The van der Waals surface area contributed by atoms with Crippen LogP contribution in [-0.4, -0.2) is 40.4 Å². The van der Waals surface area contributed by atoms with E-state index in [0.29, 0.717) is 26.1 Å². The summed E-state index contributed by atoms with van der Waals surface area (Å²) in [6.07, 6.45) is 0.965. The summed E-state index contributed by atoms with van der Waals surface area (Å²) in [4.78, 5) is 14.2. The van der Waals surface area contributed by atoms with Crippen LogP contribution in [0.4, 0.5) is 17.3 Å². The van der Waals surface area contributed by atoms with E-state index in [1.54, 1.807) is 0 Å². The fraction of sp³-hybridized carbons (Fsp3) is 0.545. The summed E-state index contributed by atoms with van der Waals surface area (Å²) < 4.78 is 5.17. The quantitative estimate of drug-likeness (QED) is 0.537. The van der Waals surface area contributed by atoms with Crippen LogP contribution in [0.2, 0.25) is 0 Å². The third-order valence-electron chi connectivity index (χ3n) is 3.10. The van der Waals surface area contributed by atoms with Gasteiger partial charge in [0.15, 0.2) is 0 Å². The SMILES string of the molecule is Nc1ccc([N+](=O)[O-])c(NCC2(O)CCOCC2)n1. The molecule has 8 nitrogen and oxygen atoms in total. The van der Waals surface area contributed by atoms with Gasteiger partial charge in [-0.3, -0.25) is 10.1 Å². The van der Waals surface area contributed by atoms with Gasteiger partial charge in [-0.25, -0.2) is 4.98 Å². The first-order valence-electron chi connectivity index (χ1n) is 5.95. The van der Waals surface area contributed by atoms with Crippen molar-refractivity contribution in [2.24, 2.45) is 0 Å². The predicted octanol–water partition coefficient (Wildman–Crippen LogP) is 0.525. The normalized spacial score (nSPS) is 17.9. The van der Waals surface area contributed by atoms with E-state index >= 15 is 0 Å². The predicted molar refractivity (Wildman–Crippen MR) is 68.8 cm³/mol. The van der Waals surface area contributed by atoms with Crippen molar-refractivity contribution in [2.45, 2.75) is 18.4 Å². The highest BCUT2D eigenvalue weighted by molar-refractivity contribution is 5.59. The molecule has 4 N–H and O–H groups in total. The highest BCUT2D eigenvalue weighted by Gasteiger charge is 2.30. The molecule has 0 aromatic carbocycles. The van der Waals surface area contributed by atoms with E-state index in [2.05, 4.69) is 10.3 Å². The molecule has 0 bridgehead atoms. The minimum absolute atomic E-state index is 0.0740. The van der Waals surface area contributed by atoms with Crippen molar-refractivity contribution >= 4 is 17.3 Å². The van der Waals surface area contributed by atoms with Gasteiger partial charge in [0, 0.05) is 38.7 Å². The molecule has 1 aliphatic heterocycles. The van der Waals surface area contributed by atoms with Gasteiger partial charge >= 0.3 is 5.69 Å². The van der Waals surface area contributed by atoms with Crippen molar-refractivity contribution in [1.82, 2.24) is 4.98 Å². The van der Waals surface area contributed by atoms with Gasteiger partial charge in [-0.1, -0.05) is 0 Å². The highest BCUT2D eigenvalue weighted by Crippen LogP contribution is 2.26. The summed E-state index contributed by atoms with van der Waals surface area (Å²) in [6.45, 7) is 1.13. The van der Waals surface area contributed by atoms with Gasteiger partial charge in [0.1, 0.15) is 5.82 Å².